The van der Waals surface area contributed by atoms with Gasteiger partial charge in [0, 0.05) is 11.4 Å². The van der Waals surface area contributed by atoms with Crippen LogP contribution >= 0.6 is 11.8 Å². The third-order valence-electron chi connectivity index (χ3n) is 2.77. The molecule has 0 fully saturated rings. The molecule has 0 aliphatic carbocycles. The number of benzene rings is 2. The standard InChI is InChI=1S/C16H19NOS/c1-3-17-12-13-7-6-8-14(11-13)18-15-9-4-5-10-16(15)19-2/h4-11,17H,3,12H2,1-2H3. The topological polar surface area (TPSA) is 21.3 Å². The van der Waals surface area contributed by atoms with Gasteiger partial charge < -0.3 is 10.1 Å². The van der Waals surface area contributed by atoms with Gasteiger partial charge in [0.05, 0.1) is 0 Å². The highest BCUT2D eigenvalue weighted by atomic mass is 32.2. The highest BCUT2D eigenvalue weighted by molar-refractivity contribution is 7.98. The van der Waals surface area contributed by atoms with Gasteiger partial charge in [-0.25, -0.2) is 0 Å². The molecular weight excluding hydrogens is 254 g/mol. The van der Waals surface area contributed by atoms with Gasteiger partial charge in [-0.15, -0.1) is 11.8 Å². The summed E-state index contributed by atoms with van der Waals surface area (Å²) in [6.45, 7) is 3.95. The molecule has 0 atom stereocenters. The summed E-state index contributed by atoms with van der Waals surface area (Å²) in [5.74, 6) is 1.80. The fraction of sp³-hybridized carbons (Fsp3) is 0.250. The van der Waals surface area contributed by atoms with Crippen molar-refractivity contribution in [3.05, 3.63) is 54.1 Å². The average molecular weight is 273 g/mol. The highest BCUT2D eigenvalue weighted by Crippen LogP contribution is 2.31. The zero-order chi connectivity index (χ0) is 13.5. The predicted octanol–water partition coefficient (Wildman–Crippen LogP) is 4.31. The molecule has 2 nitrogen and oxygen atoms in total. The molecule has 0 amide bonds. The Hall–Kier alpha value is -1.45. The first-order valence-electron chi connectivity index (χ1n) is 6.44. The lowest BCUT2D eigenvalue weighted by atomic mass is 10.2. The lowest BCUT2D eigenvalue weighted by Gasteiger charge is -2.10. The molecule has 2 aromatic rings. The van der Waals surface area contributed by atoms with Crippen molar-refractivity contribution in [2.75, 3.05) is 12.8 Å². The van der Waals surface area contributed by atoms with Gasteiger partial charge >= 0.3 is 0 Å². The normalized spacial score (nSPS) is 10.4. The maximum absolute atomic E-state index is 5.97. The van der Waals surface area contributed by atoms with E-state index in [1.165, 1.54) is 5.56 Å². The Morgan fingerprint density at radius 2 is 1.95 bits per heavy atom. The number of ether oxygens (including phenoxy) is 1. The molecule has 0 aliphatic rings. The van der Waals surface area contributed by atoms with Crippen LogP contribution in [0.25, 0.3) is 0 Å². The van der Waals surface area contributed by atoms with Crippen LogP contribution in [0.4, 0.5) is 0 Å². The predicted molar refractivity (Wildman–Crippen MR) is 82.1 cm³/mol. The third kappa shape index (κ3) is 4.01. The SMILES string of the molecule is CCNCc1cccc(Oc2ccccc2SC)c1. The van der Waals surface area contributed by atoms with E-state index in [9.17, 15) is 0 Å². The van der Waals surface area contributed by atoms with Gasteiger partial charge in [0.2, 0.25) is 0 Å². The summed E-state index contributed by atoms with van der Waals surface area (Å²) in [4.78, 5) is 1.15. The number of hydrogen-bond donors (Lipinski definition) is 1. The number of hydrogen-bond acceptors (Lipinski definition) is 3. The van der Waals surface area contributed by atoms with E-state index in [0.717, 1.165) is 29.5 Å². The van der Waals surface area contributed by atoms with Crippen LogP contribution in [0, 0.1) is 0 Å². The van der Waals surface area contributed by atoms with Crippen molar-refractivity contribution >= 4 is 11.8 Å². The molecule has 19 heavy (non-hydrogen) atoms. The maximum atomic E-state index is 5.97. The molecule has 1 N–H and O–H groups in total. The summed E-state index contributed by atoms with van der Waals surface area (Å²) in [6, 6.07) is 16.3. The molecule has 0 unspecified atom stereocenters. The van der Waals surface area contributed by atoms with E-state index in [4.69, 9.17) is 4.74 Å². The largest absolute Gasteiger partial charge is 0.456 e. The van der Waals surface area contributed by atoms with Crippen LogP contribution in [0.2, 0.25) is 0 Å². The van der Waals surface area contributed by atoms with Gasteiger partial charge in [-0.2, -0.15) is 0 Å². The van der Waals surface area contributed by atoms with Crippen molar-refractivity contribution in [2.45, 2.75) is 18.4 Å². The summed E-state index contributed by atoms with van der Waals surface area (Å²) < 4.78 is 5.97. The van der Waals surface area contributed by atoms with E-state index >= 15 is 0 Å². The second-order valence-corrected chi connectivity index (χ2v) is 5.03. The van der Waals surface area contributed by atoms with E-state index in [0.29, 0.717) is 0 Å². The number of thioether (sulfide) groups is 1. The lowest BCUT2D eigenvalue weighted by molar-refractivity contribution is 0.470. The summed E-state index contributed by atoms with van der Waals surface area (Å²) >= 11 is 1.70. The summed E-state index contributed by atoms with van der Waals surface area (Å²) in [7, 11) is 0. The van der Waals surface area contributed by atoms with Gasteiger partial charge in [-0.3, -0.25) is 0 Å². The number of para-hydroxylation sites is 1. The Balaban J connectivity index is 2.14. The molecular formula is C16H19NOS. The highest BCUT2D eigenvalue weighted by Gasteiger charge is 2.03. The Labute approximate surface area is 119 Å². The maximum Gasteiger partial charge on any atom is 0.140 e. The average Bonchev–Trinajstić information content (AvgIpc) is 2.46. The fourth-order valence-corrected chi connectivity index (χ4v) is 2.34. The number of nitrogens with one attached hydrogen (secondary N) is 1. The van der Waals surface area contributed by atoms with Crippen molar-refractivity contribution in [3.8, 4) is 11.5 Å². The monoisotopic (exact) mass is 273 g/mol. The smallest absolute Gasteiger partial charge is 0.140 e. The van der Waals surface area contributed by atoms with Gasteiger partial charge in [0.25, 0.3) is 0 Å². The summed E-state index contributed by atoms with van der Waals surface area (Å²) in [5.41, 5.74) is 1.24. The van der Waals surface area contributed by atoms with E-state index in [1.807, 2.05) is 30.3 Å². The van der Waals surface area contributed by atoms with Crippen molar-refractivity contribution in [3.63, 3.8) is 0 Å². The van der Waals surface area contributed by atoms with Crippen molar-refractivity contribution < 1.29 is 4.74 Å². The minimum absolute atomic E-state index is 0.873. The molecule has 0 spiro atoms. The molecule has 3 heteroatoms. The van der Waals surface area contributed by atoms with Crippen LogP contribution in [0.15, 0.2) is 53.4 Å². The second-order valence-electron chi connectivity index (χ2n) is 4.18. The molecule has 100 valence electrons. The Morgan fingerprint density at radius 3 is 2.74 bits per heavy atom. The van der Waals surface area contributed by atoms with Crippen LogP contribution in [-0.4, -0.2) is 12.8 Å². The quantitative estimate of drug-likeness (QED) is 0.792. The minimum atomic E-state index is 0.873. The Morgan fingerprint density at radius 1 is 1.11 bits per heavy atom. The summed E-state index contributed by atoms with van der Waals surface area (Å²) in [5, 5.41) is 3.32. The van der Waals surface area contributed by atoms with E-state index < -0.39 is 0 Å². The molecule has 0 aliphatic heterocycles. The fourth-order valence-electron chi connectivity index (χ4n) is 1.82. The van der Waals surface area contributed by atoms with Gasteiger partial charge in [0.15, 0.2) is 0 Å². The molecule has 0 radical (unpaired) electrons. The number of rotatable bonds is 6. The van der Waals surface area contributed by atoms with E-state index in [1.54, 1.807) is 11.8 Å². The molecule has 0 aromatic heterocycles. The first-order chi connectivity index (χ1) is 9.33. The molecule has 2 rings (SSSR count). The first kappa shape index (κ1) is 14.0. The molecule has 0 saturated carbocycles. The van der Waals surface area contributed by atoms with E-state index in [-0.39, 0.29) is 0 Å². The van der Waals surface area contributed by atoms with E-state index in [2.05, 4.69) is 36.7 Å². The Kier molecular flexibility index (Phi) is 5.31. The minimum Gasteiger partial charge on any atom is -0.456 e. The van der Waals surface area contributed by atoms with Gasteiger partial charge in [-0.1, -0.05) is 31.2 Å². The zero-order valence-corrected chi connectivity index (χ0v) is 12.2. The molecule has 2 aromatic carbocycles. The van der Waals surface area contributed by atoms with Crippen LogP contribution in [-0.2, 0) is 6.54 Å². The molecule has 0 saturated heterocycles. The van der Waals surface area contributed by atoms with Gasteiger partial charge in [-0.05, 0) is 42.6 Å². The van der Waals surface area contributed by atoms with Crippen LogP contribution < -0.4 is 10.1 Å². The Bertz CT molecular complexity index is 528. The summed E-state index contributed by atoms with van der Waals surface area (Å²) in [6.07, 6.45) is 2.06. The third-order valence-corrected chi connectivity index (χ3v) is 3.55. The molecule has 0 bridgehead atoms. The van der Waals surface area contributed by atoms with Crippen molar-refractivity contribution in [1.82, 2.24) is 5.32 Å². The van der Waals surface area contributed by atoms with Crippen molar-refractivity contribution in [1.29, 1.82) is 0 Å². The first-order valence-corrected chi connectivity index (χ1v) is 7.66. The van der Waals surface area contributed by atoms with Gasteiger partial charge in [0.1, 0.15) is 11.5 Å². The molecule has 0 heterocycles. The zero-order valence-electron chi connectivity index (χ0n) is 11.3. The van der Waals surface area contributed by atoms with Crippen LogP contribution in [0.3, 0.4) is 0 Å². The second kappa shape index (κ2) is 7.22. The lowest BCUT2D eigenvalue weighted by Crippen LogP contribution is -2.11. The van der Waals surface area contributed by atoms with Crippen LogP contribution in [0.1, 0.15) is 12.5 Å². The van der Waals surface area contributed by atoms with Crippen molar-refractivity contribution in [2.24, 2.45) is 0 Å². The van der Waals surface area contributed by atoms with Crippen LogP contribution in [0.5, 0.6) is 11.5 Å².